The second kappa shape index (κ2) is 4.99. The zero-order valence-corrected chi connectivity index (χ0v) is 11.8. The minimum atomic E-state index is 0.438. The lowest BCUT2D eigenvalue weighted by Crippen LogP contribution is -2.55. The van der Waals surface area contributed by atoms with Gasteiger partial charge in [0.25, 0.3) is 0 Å². The van der Waals surface area contributed by atoms with Gasteiger partial charge in [-0.25, -0.2) is 0 Å². The molecule has 0 aliphatic carbocycles. The summed E-state index contributed by atoms with van der Waals surface area (Å²) in [5.41, 5.74) is 2.98. The van der Waals surface area contributed by atoms with E-state index >= 15 is 0 Å². The first-order valence-corrected chi connectivity index (χ1v) is 6.84. The van der Waals surface area contributed by atoms with Crippen molar-refractivity contribution in [2.75, 3.05) is 13.1 Å². The van der Waals surface area contributed by atoms with Crippen LogP contribution in [0.1, 0.15) is 31.4 Å². The van der Waals surface area contributed by atoms with Gasteiger partial charge in [-0.1, -0.05) is 37.6 Å². The van der Waals surface area contributed by atoms with E-state index in [-0.39, 0.29) is 0 Å². The van der Waals surface area contributed by atoms with Crippen LogP contribution in [0.2, 0.25) is 5.02 Å². The first kappa shape index (κ1) is 12.9. The van der Waals surface area contributed by atoms with Crippen molar-refractivity contribution in [2.45, 2.75) is 33.6 Å². The van der Waals surface area contributed by atoms with Gasteiger partial charge in [0.05, 0.1) is 0 Å². The van der Waals surface area contributed by atoms with Crippen LogP contribution in [0.5, 0.6) is 0 Å². The maximum Gasteiger partial charge on any atom is 0.0440 e. The Labute approximate surface area is 110 Å². The van der Waals surface area contributed by atoms with Crippen LogP contribution >= 0.6 is 11.6 Å². The van der Waals surface area contributed by atoms with Crippen molar-refractivity contribution < 1.29 is 0 Å². The third-order valence-corrected chi connectivity index (χ3v) is 3.97. The van der Waals surface area contributed by atoms with Crippen LogP contribution in [0.15, 0.2) is 18.2 Å². The highest BCUT2D eigenvalue weighted by Crippen LogP contribution is 2.36. The lowest BCUT2D eigenvalue weighted by atomic mass is 9.71. The van der Waals surface area contributed by atoms with Crippen molar-refractivity contribution in [3.05, 3.63) is 34.3 Å². The molecule has 94 valence electrons. The molecule has 1 fully saturated rings. The third-order valence-electron chi connectivity index (χ3n) is 3.62. The second-order valence-corrected chi connectivity index (χ2v) is 6.38. The van der Waals surface area contributed by atoms with Gasteiger partial charge >= 0.3 is 0 Å². The van der Waals surface area contributed by atoms with Crippen LogP contribution in [-0.2, 0) is 6.42 Å². The molecule has 1 heterocycles. The van der Waals surface area contributed by atoms with Crippen molar-refractivity contribution >= 4 is 11.6 Å². The van der Waals surface area contributed by atoms with Gasteiger partial charge in [-0.2, -0.15) is 0 Å². The Kier molecular flexibility index (Phi) is 3.79. The van der Waals surface area contributed by atoms with E-state index in [1.165, 1.54) is 17.5 Å². The van der Waals surface area contributed by atoms with Crippen LogP contribution in [-0.4, -0.2) is 13.1 Å². The van der Waals surface area contributed by atoms with Gasteiger partial charge in [-0.3, -0.25) is 0 Å². The van der Waals surface area contributed by atoms with Crippen molar-refractivity contribution in [1.29, 1.82) is 0 Å². The molecule has 2 rings (SSSR count). The molecule has 0 unspecified atom stereocenters. The third kappa shape index (κ3) is 3.02. The smallest absolute Gasteiger partial charge is 0.0440 e. The molecule has 1 aromatic rings. The zero-order chi connectivity index (χ0) is 12.5. The Morgan fingerprint density at radius 3 is 2.53 bits per heavy atom. The fourth-order valence-corrected chi connectivity index (χ4v) is 3.19. The molecule has 2 heteroatoms. The summed E-state index contributed by atoms with van der Waals surface area (Å²) < 4.78 is 0. The highest BCUT2D eigenvalue weighted by molar-refractivity contribution is 6.31. The van der Waals surface area contributed by atoms with E-state index in [1.807, 2.05) is 0 Å². The first-order chi connectivity index (χ1) is 8.01. The Morgan fingerprint density at radius 1 is 1.35 bits per heavy atom. The summed E-state index contributed by atoms with van der Waals surface area (Å²) in [7, 11) is 0. The molecule has 1 nitrogen and oxygen atoms in total. The molecular formula is C15H22ClN. The van der Waals surface area contributed by atoms with Gasteiger partial charge in [0.2, 0.25) is 0 Å². The topological polar surface area (TPSA) is 12.0 Å². The molecule has 17 heavy (non-hydrogen) atoms. The maximum atomic E-state index is 6.33. The van der Waals surface area contributed by atoms with E-state index in [1.54, 1.807) is 0 Å². The van der Waals surface area contributed by atoms with E-state index in [0.29, 0.717) is 5.41 Å². The monoisotopic (exact) mass is 251 g/mol. The number of benzene rings is 1. The summed E-state index contributed by atoms with van der Waals surface area (Å²) in [4.78, 5) is 0. The highest BCUT2D eigenvalue weighted by atomic mass is 35.5. The average Bonchev–Trinajstić information content (AvgIpc) is 2.18. The van der Waals surface area contributed by atoms with Crippen LogP contribution in [0, 0.1) is 18.3 Å². The lowest BCUT2D eigenvalue weighted by Gasteiger charge is -2.44. The molecule has 1 aliphatic heterocycles. The SMILES string of the molecule is Cc1ccc(CC2(CC(C)C)CNC2)c(Cl)c1. The van der Waals surface area contributed by atoms with Crippen LogP contribution < -0.4 is 5.32 Å². The minimum absolute atomic E-state index is 0.438. The van der Waals surface area contributed by atoms with Gasteiger partial charge in [0, 0.05) is 18.1 Å². The van der Waals surface area contributed by atoms with Gasteiger partial charge in [-0.15, -0.1) is 0 Å². The summed E-state index contributed by atoms with van der Waals surface area (Å²) in [6.07, 6.45) is 2.39. The Morgan fingerprint density at radius 2 is 2.06 bits per heavy atom. The molecule has 1 N–H and O–H groups in total. The molecule has 0 aromatic heterocycles. The molecule has 0 amide bonds. The summed E-state index contributed by atoms with van der Waals surface area (Å²) in [6, 6.07) is 6.43. The van der Waals surface area contributed by atoms with Crippen molar-refractivity contribution in [3.8, 4) is 0 Å². The van der Waals surface area contributed by atoms with Gasteiger partial charge in [0.15, 0.2) is 0 Å². The van der Waals surface area contributed by atoms with Crippen LogP contribution in [0.25, 0.3) is 0 Å². The number of halogens is 1. The summed E-state index contributed by atoms with van der Waals surface area (Å²) in [5, 5.41) is 4.35. The normalized spacial score (nSPS) is 18.2. The predicted octanol–water partition coefficient (Wildman–Crippen LogP) is 3.83. The molecular weight excluding hydrogens is 230 g/mol. The van der Waals surface area contributed by atoms with E-state index in [4.69, 9.17) is 11.6 Å². The summed E-state index contributed by atoms with van der Waals surface area (Å²) >= 11 is 6.33. The number of nitrogens with one attached hydrogen (secondary N) is 1. The molecule has 1 aromatic carbocycles. The zero-order valence-electron chi connectivity index (χ0n) is 11.0. The van der Waals surface area contributed by atoms with E-state index in [2.05, 4.69) is 44.3 Å². The second-order valence-electron chi connectivity index (χ2n) is 5.97. The largest absolute Gasteiger partial charge is 0.316 e. The van der Waals surface area contributed by atoms with Crippen molar-refractivity contribution in [2.24, 2.45) is 11.3 Å². The molecule has 1 saturated heterocycles. The molecule has 0 saturated carbocycles. The van der Waals surface area contributed by atoms with E-state index < -0.39 is 0 Å². The van der Waals surface area contributed by atoms with Crippen LogP contribution in [0.4, 0.5) is 0 Å². The highest BCUT2D eigenvalue weighted by Gasteiger charge is 2.37. The van der Waals surface area contributed by atoms with E-state index in [0.717, 1.165) is 30.5 Å². The average molecular weight is 252 g/mol. The predicted molar refractivity (Wildman–Crippen MR) is 74.7 cm³/mol. The Balaban J connectivity index is 2.13. The van der Waals surface area contributed by atoms with Crippen molar-refractivity contribution in [1.82, 2.24) is 5.32 Å². The fourth-order valence-electron chi connectivity index (χ4n) is 2.89. The molecule has 0 bridgehead atoms. The number of hydrogen-bond acceptors (Lipinski definition) is 1. The molecule has 1 aliphatic rings. The summed E-state index contributed by atoms with van der Waals surface area (Å²) in [5.74, 6) is 0.751. The van der Waals surface area contributed by atoms with E-state index in [9.17, 15) is 0 Å². The first-order valence-electron chi connectivity index (χ1n) is 6.46. The van der Waals surface area contributed by atoms with Gasteiger partial charge in [0.1, 0.15) is 0 Å². The molecule has 0 radical (unpaired) electrons. The number of rotatable bonds is 4. The quantitative estimate of drug-likeness (QED) is 0.858. The van der Waals surface area contributed by atoms with Gasteiger partial charge in [-0.05, 0) is 48.3 Å². The lowest BCUT2D eigenvalue weighted by molar-refractivity contribution is 0.131. The number of hydrogen-bond donors (Lipinski definition) is 1. The molecule has 0 atom stereocenters. The van der Waals surface area contributed by atoms with Gasteiger partial charge < -0.3 is 5.32 Å². The maximum absolute atomic E-state index is 6.33. The standard InChI is InChI=1S/C15H22ClN/c1-11(2)7-15(9-17-10-15)8-13-5-4-12(3)6-14(13)16/h4-6,11,17H,7-10H2,1-3H3. The molecule has 0 spiro atoms. The number of aryl methyl sites for hydroxylation is 1. The van der Waals surface area contributed by atoms with Crippen LogP contribution in [0.3, 0.4) is 0 Å². The minimum Gasteiger partial charge on any atom is -0.316 e. The Bertz CT molecular complexity index is 394. The van der Waals surface area contributed by atoms with Crippen molar-refractivity contribution in [3.63, 3.8) is 0 Å². The summed E-state index contributed by atoms with van der Waals surface area (Å²) in [6.45, 7) is 8.96. The Hall–Kier alpha value is -0.530. The fraction of sp³-hybridized carbons (Fsp3) is 0.600.